The Morgan fingerprint density at radius 2 is 2.06 bits per heavy atom. The van der Waals surface area contributed by atoms with Crippen LogP contribution in [0.5, 0.6) is 0 Å². The van der Waals surface area contributed by atoms with Crippen LogP contribution in [0.2, 0.25) is 0 Å². The molecule has 1 fully saturated rings. The molecule has 1 aromatic carbocycles. The Kier molecular flexibility index (Phi) is 5.69. The summed E-state index contributed by atoms with van der Waals surface area (Å²) in [6, 6.07) is 11.6. The van der Waals surface area contributed by atoms with Gasteiger partial charge in [0.25, 0.3) is 0 Å². The maximum atomic E-state index is 5.50. The first kappa shape index (κ1) is 13.6. The maximum Gasteiger partial charge on any atom is 0.0469 e. The van der Waals surface area contributed by atoms with Crippen molar-refractivity contribution in [2.24, 2.45) is 5.92 Å². The van der Waals surface area contributed by atoms with Crippen LogP contribution >= 0.6 is 0 Å². The molecule has 2 heteroatoms. The number of hydrogen-bond donors (Lipinski definition) is 1. The molecule has 1 aromatic rings. The molecule has 1 aliphatic rings. The van der Waals surface area contributed by atoms with Crippen LogP contribution in [0.15, 0.2) is 30.3 Å². The van der Waals surface area contributed by atoms with E-state index >= 15 is 0 Å². The van der Waals surface area contributed by atoms with E-state index in [1.54, 1.807) is 0 Å². The average Bonchev–Trinajstić information content (AvgIpc) is 3.21. The molecular weight excluding hydrogens is 222 g/mol. The molecule has 0 spiro atoms. The molecule has 0 aliphatic heterocycles. The molecule has 0 bridgehead atoms. The molecule has 0 radical (unpaired) electrons. The van der Waals surface area contributed by atoms with E-state index in [9.17, 15) is 0 Å². The fourth-order valence-corrected chi connectivity index (χ4v) is 2.24. The summed E-state index contributed by atoms with van der Waals surface area (Å²) in [7, 11) is 0. The van der Waals surface area contributed by atoms with Gasteiger partial charge in [-0.1, -0.05) is 30.3 Å². The molecule has 0 heterocycles. The molecule has 100 valence electrons. The highest BCUT2D eigenvalue weighted by Gasteiger charge is 2.21. The number of rotatable bonds is 9. The number of benzene rings is 1. The zero-order valence-electron chi connectivity index (χ0n) is 11.4. The molecule has 1 unspecified atom stereocenters. The standard InChI is InChI=1S/C16H25NO/c1-2-18-11-10-15(13-17-16-8-9-16)12-14-6-4-3-5-7-14/h3-7,15-17H,2,8-13H2,1H3. The minimum atomic E-state index is 0.694. The molecule has 1 saturated carbocycles. The summed E-state index contributed by atoms with van der Waals surface area (Å²) in [6.07, 6.45) is 5.04. The monoisotopic (exact) mass is 247 g/mol. The van der Waals surface area contributed by atoms with Crippen LogP contribution in [0.1, 0.15) is 31.7 Å². The van der Waals surface area contributed by atoms with Crippen LogP contribution in [0.4, 0.5) is 0 Å². The third-order valence-corrected chi connectivity index (χ3v) is 3.51. The van der Waals surface area contributed by atoms with E-state index in [1.165, 1.54) is 18.4 Å². The SMILES string of the molecule is CCOCCC(CNC1CC1)Cc1ccccc1. The van der Waals surface area contributed by atoms with Crippen LogP contribution in [-0.4, -0.2) is 25.8 Å². The quantitative estimate of drug-likeness (QED) is 0.677. The molecule has 1 aliphatic carbocycles. The number of nitrogens with one attached hydrogen (secondary N) is 1. The first-order valence-corrected chi connectivity index (χ1v) is 7.23. The predicted molar refractivity (Wildman–Crippen MR) is 75.8 cm³/mol. The van der Waals surface area contributed by atoms with Gasteiger partial charge in [-0.25, -0.2) is 0 Å². The zero-order valence-corrected chi connectivity index (χ0v) is 11.4. The van der Waals surface area contributed by atoms with Crippen LogP contribution in [-0.2, 0) is 11.2 Å². The molecule has 0 aromatic heterocycles. The van der Waals surface area contributed by atoms with E-state index < -0.39 is 0 Å². The van der Waals surface area contributed by atoms with Gasteiger partial charge in [-0.3, -0.25) is 0 Å². The van der Waals surface area contributed by atoms with Crippen molar-refractivity contribution in [3.63, 3.8) is 0 Å². The van der Waals surface area contributed by atoms with E-state index in [2.05, 4.69) is 42.6 Å². The lowest BCUT2D eigenvalue weighted by atomic mass is 9.96. The Labute approximate surface area is 111 Å². The Balaban J connectivity index is 1.78. The Bertz CT molecular complexity index is 321. The maximum absolute atomic E-state index is 5.50. The fraction of sp³-hybridized carbons (Fsp3) is 0.625. The summed E-state index contributed by atoms with van der Waals surface area (Å²) in [4.78, 5) is 0. The van der Waals surface area contributed by atoms with Gasteiger partial charge in [0.1, 0.15) is 0 Å². The topological polar surface area (TPSA) is 21.3 Å². The molecule has 0 saturated heterocycles. The Hall–Kier alpha value is -0.860. The van der Waals surface area contributed by atoms with Gasteiger partial charge in [-0.15, -0.1) is 0 Å². The first-order valence-electron chi connectivity index (χ1n) is 7.23. The van der Waals surface area contributed by atoms with Gasteiger partial charge in [0, 0.05) is 19.3 Å². The van der Waals surface area contributed by atoms with E-state index in [4.69, 9.17) is 4.74 Å². The number of hydrogen-bond acceptors (Lipinski definition) is 2. The van der Waals surface area contributed by atoms with Crippen molar-refractivity contribution >= 4 is 0 Å². The molecule has 18 heavy (non-hydrogen) atoms. The summed E-state index contributed by atoms with van der Waals surface area (Å²) >= 11 is 0. The van der Waals surface area contributed by atoms with Gasteiger partial charge >= 0.3 is 0 Å². The summed E-state index contributed by atoms with van der Waals surface area (Å²) in [6.45, 7) is 4.91. The summed E-state index contributed by atoms with van der Waals surface area (Å²) < 4.78 is 5.50. The highest BCUT2D eigenvalue weighted by atomic mass is 16.5. The van der Waals surface area contributed by atoms with E-state index in [-0.39, 0.29) is 0 Å². The minimum Gasteiger partial charge on any atom is -0.382 e. The summed E-state index contributed by atoms with van der Waals surface area (Å²) in [5.41, 5.74) is 1.44. The van der Waals surface area contributed by atoms with Gasteiger partial charge in [0.05, 0.1) is 0 Å². The van der Waals surface area contributed by atoms with Gasteiger partial charge < -0.3 is 10.1 Å². The normalized spacial score (nSPS) is 16.7. The lowest BCUT2D eigenvalue weighted by molar-refractivity contribution is 0.131. The van der Waals surface area contributed by atoms with Gasteiger partial charge in [0.15, 0.2) is 0 Å². The second-order valence-electron chi connectivity index (χ2n) is 5.22. The Morgan fingerprint density at radius 3 is 2.72 bits per heavy atom. The molecule has 2 rings (SSSR count). The third kappa shape index (κ3) is 5.19. The highest BCUT2D eigenvalue weighted by molar-refractivity contribution is 5.15. The van der Waals surface area contributed by atoms with Crippen molar-refractivity contribution in [1.82, 2.24) is 5.32 Å². The predicted octanol–water partition coefficient (Wildman–Crippen LogP) is 3.02. The third-order valence-electron chi connectivity index (χ3n) is 3.51. The van der Waals surface area contributed by atoms with Gasteiger partial charge in [-0.2, -0.15) is 0 Å². The van der Waals surface area contributed by atoms with Crippen molar-refractivity contribution in [3.05, 3.63) is 35.9 Å². The fourth-order valence-electron chi connectivity index (χ4n) is 2.24. The molecule has 0 amide bonds. The van der Waals surface area contributed by atoms with Crippen LogP contribution in [0, 0.1) is 5.92 Å². The molecule has 2 nitrogen and oxygen atoms in total. The first-order chi connectivity index (χ1) is 8.88. The van der Waals surface area contributed by atoms with Crippen molar-refractivity contribution in [1.29, 1.82) is 0 Å². The van der Waals surface area contributed by atoms with E-state index in [0.717, 1.165) is 38.6 Å². The van der Waals surface area contributed by atoms with Crippen molar-refractivity contribution < 1.29 is 4.74 Å². The summed E-state index contributed by atoms with van der Waals surface area (Å²) in [5, 5.41) is 3.65. The Morgan fingerprint density at radius 1 is 1.28 bits per heavy atom. The molecular formula is C16H25NO. The minimum absolute atomic E-state index is 0.694. The lowest BCUT2D eigenvalue weighted by Gasteiger charge is -2.17. The molecule has 1 atom stereocenters. The van der Waals surface area contributed by atoms with Crippen LogP contribution in [0.3, 0.4) is 0 Å². The number of ether oxygens (including phenoxy) is 1. The van der Waals surface area contributed by atoms with Gasteiger partial charge in [0.2, 0.25) is 0 Å². The average molecular weight is 247 g/mol. The van der Waals surface area contributed by atoms with Crippen molar-refractivity contribution in [3.8, 4) is 0 Å². The van der Waals surface area contributed by atoms with Crippen LogP contribution in [0.25, 0.3) is 0 Å². The summed E-state index contributed by atoms with van der Waals surface area (Å²) in [5.74, 6) is 0.694. The second kappa shape index (κ2) is 7.55. The lowest BCUT2D eigenvalue weighted by Crippen LogP contribution is -2.27. The zero-order chi connectivity index (χ0) is 12.6. The molecule has 1 N–H and O–H groups in total. The van der Waals surface area contributed by atoms with E-state index in [1.807, 2.05) is 0 Å². The second-order valence-corrected chi connectivity index (χ2v) is 5.22. The van der Waals surface area contributed by atoms with Crippen molar-refractivity contribution in [2.45, 2.75) is 38.6 Å². The van der Waals surface area contributed by atoms with E-state index in [0.29, 0.717) is 5.92 Å². The largest absolute Gasteiger partial charge is 0.382 e. The van der Waals surface area contributed by atoms with Crippen molar-refractivity contribution in [2.75, 3.05) is 19.8 Å². The van der Waals surface area contributed by atoms with Gasteiger partial charge in [-0.05, 0) is 50.6 Å². The smallest absolute Gasteiger partial charge is 0.0469 e. The highest BCUT2D eigenvalue weighted by Crippen LogP contribution is 2.20. The van der Waals surface area contributed by atoms with Crippen LogP contribution < -0.4 is 5.32 Å².